The molecular weight excluding hydrogens is 226 g/mol. The quantitative estimate of drug-likeness (QED) is 0.892. The first-order valence-electron chi connectivity index (χ1n) is 6.56. The van der Waals surface area contributed by atoms with E-state index >= 15 is 0 Å². The Morgan fingerprint density at radius 1 is 1.39 bits per heavy atom. The Morgan fingerprint density at radius 3 is 2.72 bits per heavy atom. The Balaban J connectivity index is 2.22. The molecule has 1 fully saturated rings. The van der Waals surface area contributed by atoms with Crippen molar-refractivity contribution in [3.63, 3.8) is 0 Å². The van der Waals surface area contributed by atoms with Gasteiger partial charge in [-0.05, 0) is 56.8 Å². The summed E-state index contributed by atoms with van der Waals surface area (Å²) in [7, 11) is 0. The van der Waals surface area contributed by atoms with Gasteiger partial charge in [0.15, 0.2) is 0 Å². The summed E-state index contributed by atoms with van der Waals surface area (Å²) in [6.07, 6.45) is 1.75. The lowest BCUT2D eigenvalue weighted by Crippen LogP contribution is -2.37. The predicted molar refractivity (Wildman–Crippen MR) is 71.7 cm³/mol. The van der Waals surface area contributed by atoms with Crippen LogP contribution in [0.1, 0.15) is 42.5 Å². The molecule has 98 valence electrons. The molecule has 0 amide bonds. The highest BCUT2D eigenvalue weighted by molar-refractivity contribution is 5.73. The van der Waals surface area contributed by atoms with Crippen LogP contribution in [0.5, 0.6) is 0 Å². The van der Waals surface area contributed by atoms with E-state index in [1.165, 1.54) is 16.7 Å². The number of carboxylic acid groups (broad SMARTS) is 1. The van der Waals surface area contributed by atoms with Crippen molar-refractivity contribution in [2.45, 2.75) is 45.7 Å². The van der Waals surface area contributed by atoms with Gasteiger partial charge in [-0.25, -0.2) is 0 Å². The van der Waals surface area contributed by atoms with Crippen LogP contribution in [0, 0.1) is 13.8 Å². The Bertz CT molecular complexity index is 456. The zero-order valence-corrected chi connectivity index (χ0v) is 11.3. The van der Waals surface area contributed by atoms with Gasteiger partial charge in [0, 0.05) is 6.04 Å². The molecule has 1 aliphatic rings. The van der Waals surface area contributed by atoms with E-state index in [2.05, 4.69) is 43.9 Å². The molecule has 0 spiro atoms. The maximum absolute atomic E-state index is 11.2. The van der Waals surface area contributed by atoms with Gasteiger partial charge >= 0.3 is 5.97 Å². The molecule has 3 heteroatoms. The lowest BCUT2D eigenvalue weighted by Gasteiger charge is -2.29. The zero-order valence-electron chi connectivity index (χ0n) is 11.3. The summed E-state index contributed by atoms with van der Waals surface area (Å²) in [4.78, 5) is 13.3. The number of hydrogen-bond donors (Lipinski definition) is 1. The third-order valence-electron chi connectivity index (χ3n) is 4.09. The molecule has 18 heavy (non-hydrogen) atoms. The van der Waals surface area contributed by atoms with Crippen molar-refractivity contribution in [2.24, 2.45) is 0 Å². The first kappa shape index (κ1) is 13.1. The van der Waals surface area contributed by atoms with Crippen LogP contribution in [0.15, 0.2) is 18.2 Å². The molecule has 2 atom stereocenters. The number of hydrogen-bond acceptors (Lipinski definition) is 2. The van der Waals surface area contributed by atoms with Crippen LogP contribution < -0.4 is 0 Å². The van der Waals surface area contributed by atoms with Crippen LogP contribution in [-0.4, -0.2) is 28.6 Å². The molecule has 2 rings (SSSR count). The van der Waals surface area contributed by atoms with Crippen molar-refractivity contribution in [3.05, 3.63) is 34.9 Å². The maximum Gasteiger partial charge on any atom is 0.320 e. The normalized spacial score (nSPS) is 22.1. The summed E-state index contributed by atoms with van der Waals surface area (Å²) in [6, 6.07) is 6.27. The minimum atomic E-state index is -0.691. The number of likely N-dealkylation sites (tertiary alicyclic amines) is 1. The van der Waals surface area contributed by atoms with E-state index in [1.54, 1.807) is 0 Å². The molecule has 1 aromatic rings. The van der Waals surface area contributed by atoms with Crippen LogP contribution in [0.3, 0.4) is 0 Å². The number of nitrogens with zero attached hydrogens (tertiary/aromatic N) is 1. The van der Waals surface area contributed by atoms with Gasteiger partial charge in [0.1, 0.15) is 6.04 Å². The van der Waals surface area contributed by atoms with Crippen molar-refractivity contribution < 1.29 is 9.90 Å². The Labute approximate surface area is 108 Å². The third kappa shape index (κ3) is 2.41. The van der Waals surface area contributed by atoms with Crippen molar-refractivity contribution in [1.82, 2.24) is 4.90 Å². The number of aryl methyl sites for hydroxylation is 2. The summed E-state index contributed by atoms with van der Waals surface area (Å²) in [5, 5.41) is 9.24. The van der Waals surface area contributed by atoms with Crippen LogP contribution >= 0.6 is 0 Å². The summed E-state index contributed by atoms with van der Waals surface area (Å²) >= 11 is 0. The van der Waals surface area contributed by atoms with E-state index in [0.717, 1.165) is 19.4 Å². The number of carboxylic acids is 1. The SMILES string of the molecule is Cc1ccc(C(C)N2CCCC2C(=O)O)cc1C. The van der Waals surface area contributed by atoms with Gasteiger partial charge in [-0.3, -0.25) is 9.69 Å². The van der Waals surface area contributed by atoms with E-state index < -0.39 is 5.97 Å². The van der Waals surface area contributed by atoms with Crippen molar-refractivity contribution >= 4 is 5.97 Å². The summed E-state index contributed by atoms with van der Waals surface area (Å²) in [5.74, 6) is -0.691. The van der Waals surface area contributed by atoms with Crippen molar-refractivity contribution in [1.29, 1.82) is 0 Å². The largest absolute Gasteiger partial charge is 0.480 e. The van der Waals surface area contributed by atoms with E-state index in [-0.39, 0.29) is 12.1 Å². The monoisotopic (exact) mass is 247 g/mol. The molecule has 1 saturated heterocycles. The number of rotatable bonds is 3. The molecule has 0 aliphatic carbocycles. The standard InChI is InChI=1S/C15H21NO2/c1-10-6-7-13(9-11(10)2)12(3)16-8-4-5-14(16)15(17)18/h6-7,9,12,14H,4-5,8H2,1-3H3,(H,17,18). The molecule has 1 N–H and O–H groups in total. The molecule has 1 heterocycles. The van der Waals surface area contributed by atoms with Crippen LogP contribution in [0.25, 0.3) is 0 Å². The minimum Gasteiger partial charge on any atom is -0.480 e. The fourth-order valence-corrected chi connectivity index (χ4v) is 2.73. The summed E-state index contributed by atoms with van der Waals surface area (Å²) < 4.78 is 0. The molecule has 3 nitrogen and oxygen atoms in total. The second-order valence-electron chi connectivity index (χ2n) is 5.25. The highest BCUT2D eigenvalue weighted by Gasteiger charge is 2.34. The third-order valence-corrected chi connectivity index (χ3v) is 4.09. The molecule has 1 aliphatic heterocycles. The molecule has 0 radical (unpaired) electrons. The van der Waals surface area contributed by atoms with Gasteiger partial charge < -0.3 is 5.11 Å². The van der Waals surface area contributed by atoms with Crippen molar-refractivity contribution in [2.75, 3.05) is 6.54 Å². The minimum absolute atomic E-state index is 0.174. The Kier molecular flexibility index (Phi) is 3.71. The van der Waals surface area contributed by atoms with Crippen molar-refractivity contribution in [3.8, 4) is 0 Å². The van der Waals surface area contributed by atoms with Gasteiger partial charge in [0.25, 0.3) is 0 Å². The number of benzene rings is 1. The highest BCUT2D eigenvalue weighted by Crippen LogP contribution is 2.30. The Hall–Kier alpha value is -1.35. The molecule has 1 aromatic carbocycles. The van der Waals surface area contributed by atoms with Crippen LogP contribution in [0.2, 0.25) is 0 Å². The summed E-state index contributed by atoms with van der Waals surface area (Å²) in [5.41, 5.74) is 3.76. The second-order valence-corrected chi connectivity index (χ2v) is 5.25. The topological polar surface area (TPSA) is 40.5 Å². The fourth-order valence-electron chi connectivity index (χ4n) is 2.73. The lowest BCUT2D eigenvalue weighted by molar-refractivity contribution is -0.142. The maximum atomic E-state index is 11.2. The van der Waals surface area contributed by atoms with Gasteiger partial charge in [0.05, 0.1) is 0 Å². The molecule has 0 aromatic heterocycles. The van der Waals surface area contributed by atoms with E-state index in [1.807, 2.05) is 0 Å². The molecule has 2 unspecified atom stereocenters. The smallest absolute Gasteiger partial charge is 0.320 e. The Morgan fingerprint density at radius 2 is 2.11 bits per heavy atom. The molecular formula is C15H21NO2. The van der Waals surface area contributed by atoms with Gasteiger partial charge in [-0.1, -0.05) is 18.2 Å². The average Bonchev–Trinajstić information content (AvgIpc) is 2.81. The van der Waals surface area contributed by atoms with E-state index in [4.69, 9.17) is 0 Å². The first-order valence-corrected chi connectivity index (χ1v) is 6.56. The number of carbonyl (C=O) groups is 1. The molecule has 0 saturated carbocycles. The first-order chi connectivity index (χ1) is 8.50. The van der Waals surface area contributed by atoms with E-state index in [0.29, 0.717) is 0 Å². The summed E-state index contributed by atoms with van der Waals surface area (Å²) in [6.45, 7) is 7.18. The van der Waals surface area contributed by atoms with Crippen LogP contribution in [0.4, 0.5) is 0 Å². The van der Waals surface area contributed by atoms with Gasteiger partial charge in [-0.15, -0.1) is 0 Å². The van der Waals surface area contributed by atoms with E-state index in [9.17, 15) is 9.90 Å². The molecule has 0 bridgehead atoms. The highest BCUT2D eigenvalue weighted by atomic mass is 16.4. The van der Waals surface area contributed by atoms with Crippen LogP contribution in [-0.2, 0) is 4.79 Å². The van der Waals surface area contributed by atoms with Gasteiger partial charge in [-0.2, -0.15) is 0 Å². The van der Waals surface area contributed by atoms with Gasteiger partial charge in [0.2, 0.25) is 0 Å². The lowest BCUT2D eigenvalue weighted by atomic mass is 10.0. The fraction of sp³-hybridized carbons (Fsp3) is 0.533. The zero-order chi connectivity index (χ0) is 13.3. The predicted octanol–water partition coefficient (Wildman–Crippen LogP) is 2.91. The average molecular weight is 247 g/mol. The number of aliphatic carboxylic acids is 1. The second kappa shape index (κ2) is 5.11.